The van der Waals surface area contributed by atoms with Gasteiger partial charge in [-0.1, -0.05) is 12.1 Å². The monoisotopic (exact) mass is 404 g/mol. The van der Waals surface area contributed by atoms with E-state index in [1.165, 1.54) is 12.1 Å². The second-order valence-corrected chi connectivity index (χ2v) is 7.54. The van der Waals surface area contributed by atoms with Gasteiger partial charge in [0.05, 0.1) is 0 Å². The van der Waals surface area contributed by atoms with Crippen molar-refractivity contribution in [3.8, 4) is 0 Å². The van der Waals surface area contributed by atoms with Crippen LogP contribution in [-0.4, -0.2) is 47.2 Å². The molecular formula is C19H24F4N2O3. The molecule has 0 aromatic heterocycles. The minimum atomic E-state index is -5.08. The molecule has 28 heavy (non-hydrogen) atoms. The maximum atomic E-state index is 12.9. The molecule has 9 heteroatoms. The first-order valence-corrected chi connectivity index (χ1v) is 9.03. The molecule has 3 rings (SSSR count). The van der Waals surface area contributed by atoms with Crippen molar-refractivity contribution >= 4 is 11.9 Å². The number of carbonyl (C=O) groups excluding carboxylic acids is 1. The van der Waals surface area contributed by atoms with Gasteiger partial charge in [-0.2, -0.15) is 13.2 Å². The van der Waals surface area contributed by atoms with E-state index in [4.69, 9.17) is 9.90 Å². The highest BCUT2D eigenvalue weighted by Gasteiger charge is 2.55. The Hall–Kier alpha value is -2.16. The first-order chi connectivity index (χ1) is 13.0. The van der Waals surface area contributed by atoms with Gasteiger partial charge < -0.3 is 10.4 Å². The van der Waals surface area contributed by atoms with Crippen molar-refractivity contribution in [1.82, 2.24) is 10.2 Å². The Morgan fingerprint density at radius 2 is 1.68 bits per heavy atom. The van der Waals surface area contributed by atoms with Crippen molar-refractivity contribution in [2.45, 2.75) is 39.0 Å². The molecule has 5 nitrogen and oxygen atoms in total. The highest BCUT2D eigenvalue weighted by atomic mass is 19.4. The zero-order chi connectivity index (χ0) is 21.1. The van der Waals surface area contributed by atoms with Crippen molar-refractivity contribution in [3.05, 3.63) is 35.6 Å². The maximum absolute atomic E-state index is 12.9. The summed E-state index contributed by atoms with van der Waals surface area (Å²) in [6, 6.07) is 6.97. The summed E-state index contributed by atoms with van der Waals surface area (Å²) < 4.78 is 44.6. The van der Waals surface area contributed by atoms with E-state index in [9.17, 15) is 22.4 Å². The molecule has 0 radical (unpaired) electrons. The minimum Gasteiger partial charge on any atom is -0.475 e. The average Bonchev–Trinajstić information content (AvgIpc) is 3.00. The van der Waals surface area contributed by atoms with Gasteiger partial charge in [0.25, 0.3) is 0 Å². The highest BCUT2D eigenvalue weighted by molar-refractivity contribution is 5.77. The van der Waals surface area contributed by atoms with E-state index in [0.717, 1.165) is 25.2 Å². The van der Waals surface area contributed by atoms with E-state index < -0.39 is 12.1 Å². The van der Waals surface area contributed by atoms with Crippen LogP contribution in [-0.2, 0) is 16.1 Å². The number of hydrogen-bond donors (Lipinski definition) is 2. The molecule has 2 aliphatic rings. The molecular weight excluding hydrogens is 380 g/mol. The van der Waals surface area contributed by atoms with E-state index in [-0.39, 0.29) is 17.8 Å². The van der Waals surface area contributed by atoms with E-state index in [1.807, 2.05) is 26.0 Å². The third-order valence-electron chi connectivity index (χ3n) is 4.88. The predicted octanol–water partition coefficient (Wildman–Crippen LogP) is 3.05. The molecule has 1 aliphatic carbocycles. The zero-order valence-corrected chi connectivity index (χ0v) is 15.7. The number of piperidine rings is 1. The van der Waals surface area contributed by atoms with Gasteiger partial charge in [-0.25, -0.2) is 9.18 Å². The topological polar surface area (TPSA) is 69.6 Å². The number of fused-ring (bicyclic) bond motifs is 1. The largest absolute Gasteiger partial charge is 0.490 e. The third kappa shape index (κ3) is 6.47. The normalized spacial score (nSPS) is 23.6. The summed E-state index contributed by atoms with van der Waals surface area (Å²) in [5.41, 5.74) is 1.16. The van der Waals surface area contributed by atoms with Crippen LogP contribution >= 0.6 is 0 Å². The molecule has 0 bridgehead atoms. The number of hydrogen-bond acceptors (Lipinski definition) is 3. The number of amides is 1. The van der Waals surface area contributed by atoms with Crippen LogP contribution in [0.15, 0.2) is 24.3 Å². The number of carboxylic acids is 1. The van der Waals surface area contributed by atoms with Crippen LogP contribution in [0, 0.1) is 23.6 Å². The maximum Gasteiger partial charge on any atom is 0.490 e. The molecule has 3 atom stereocenters. The van der Waals surface area contributed by atoms with Gasteiger partial charge >= 0.3 is 12.1 Å². The SMILES string of the molecule is CC(C)NC(=O)CC1[C@H]2CN(Cc3ccc(F)cc3)C[C@@H]12.O=C(O)C(F)(F)F. The molecule has 1 aliphatic heterocycles. The van der Waals surface area contributed by atoms with Crippen LogP contribution in [0.1, 0.15) is 25.8 Å². The summed E-state index contributed by atoms with van der Waals surface area (Å²) >= 11 is 0. The Morgan fingerprint density at radius 3 is 2.11 bits per heavy atom. The van der Waals surface area contributed by atoms with Crippen LogP contribution in [0.4, 0.5) is 17.6 Å². The molecule has 0 spiro atoms. The summed E-state index contributed by atoms with van der Waals surface area (Å²) in [5.74, 6) is -0.804. The van der Waals surface area contributed by atoms with Crippen LogP contribution in [0.3, 0.4) is 0 Å². The lowest BCUT2D eigenvalue weighted by Gasteiger charge is -2.19. The van der Waals surface area contributed by atoms with Crippen LogP contribution in [0.25, 0.3) is 0 Å². The van der Waals surface area contributed by atoms with E-state index in [1.54, 1.807) is 0 Å². The standard InChI is InChI=1S/C17H23FN2O.C2HF3O2/c1-11(2)19-17(21)7-14-15-9-20(10-16(14)15)8-12-3-5-13(18)6-4-12;3-2(4,5)1(6)7/h3-6,11,14-16H,7-10H2,1-2H3,(H,19,21);(H,6,7)/t14?,15-,16+;. The number of nitrogens with zero attached hydrogens (tertiary/aromatic N) is 1. The van der Waals surface area contributed by atoms with Gasteiger partial charge in [0, 0.05) is 32.1 Å². The van der Waals surface area contributed by atoms with Gasteiger partial charge in [-0.15, -0.1) is 0 Å². The Bertz CT molecular complexity index is 679. The van der Waals surface area contributed by atoms with E-state index in [0.29, 0.717) is 24.2 Å². The fraction of sp³-hybridized carbons (Fsp3) is 0.579. The predicted molar refractivity (Wildman–Crippen MR) is 93.7 cm³/mol. The number of nitrogens with one attached hydrogen (secondary N) is 1. The fourth-order valence-electron chi connectivity index (χ4n) is 3.61. The van der Waals surface area contributed by atoms with E-state index >= 15 is 0 Å². The second kappa shape index (κ2) is 8.89. The van der Waals surface area contributed by atoms with Crippen LogP contribution < -0.4 is 5.32 Å². The molecule has 1 amide bonds. The quantitative estimate of drug-likeness (QED) is 0.741. The molecule has 2 N–H and O–H groups in total. The van der Waals surface area contributed by atoms with Crippen molar-refractivity contribution < 1.29 is 32.3 Å². The lowest BCUT2D eigenvalue weighted by molar-refractivity contribution is -0.192. The molecule has 1 heterocycles. The van der Waals surface area contributed by atoms with Gasteiger partial charge in [0.15, 0.2) is 0 Å². The first-order valence-electron chi connectivity index (χ1n) is 9.03. The average molecular weight is 404 g/mol. The van der Waals surface area contributed by atoms with Gasteiger partial charge in [0.1, 0.15) is 5.82 Å². The Morgan fingerprint density at radius 1 is 1.18 bits per heavy atom. The minimum absolute atomic E-state index is 0.181. The third-order valence-corrected chi connectivity index (χ3v) is 4.88. The second-order valence-electron chi connectivity index (χ2n) is 7.54. The van der Waals surface area contributed by atoms with Gasteiger partial charge in [-0.3, -0.25) is 9.69 Å². The number of alkyl halides is 3. The molecule has 1 saturated heterocycles. The van der Waals surface area contributed by atoms with Crippen LogP contribution in [0.5, 0.6) is 0 Å². The number of benzene rings is 1. The lowest BCUT2D eigenvalue weighted by Crippen LogP contribution is -2.31. The highest BCUT2D eigenvalue weighted by Crippen LogP contribution is 2.53. The zero-order valence-electron chi connectivity index (χ0n) is 15.7. The van der Waals surface area contributed by atoms with E-state index in [2.05, 4.69) is 10.2 Å². The molecule has 1 unspecified atom stereocenters. The summed E-state index contributed by atoms with van der Waals surface area (Å²) in [7, 11) is 0. The van der Waals surface area contributed by atoms with Crippen LogP contribution in [0.2, 0.25) is 0 Å². The first kappa shape index (κ1) is 22.1. The number of carbonyl (C=O) groups is 2. The fourth-order valence-corrected chi connectivity index (χ4v) is 3.61. The van der Waals surface area contributed by atoms with Crippen molar-refractivity contribution in [3.63, 3.8) is 0 Å². The summed E-state index contributed by atoms with van der Waals surface area (Å²) in [4.78, 5) is 23.1. The smallest absolute Gasteiger partial charge is 0.475 e. The number of carboxylic acid groups (broad SMARTS) is 1. The number of rotatable bonds is 5. The van der Waals surface area contributed by atoms with Gasteiger partial charge in [-0.05, 0) is 49.3 Å². The number of aliphatic carboxylic acids is 1. The molecule has 1 aromatic rings. The number of halogens is 4. The Balaban J connectivity index is 0.000000345. The molecule has 156 valence electrons. The summed E-state index contributed by atoms with van der Waals surface area (Å²) in [6.07, 6.45) is -4.40. The lowest BCUT2D eigenvalue weighted by atomic mass is 10.1. The number of likely N-dealkylation sites (tertiary alicyclic amines) is 1. The summed E-state index contributed by atoms with van der Waals surface area (Å²) in [6.45, 7) is 7.02. The molecule has 1 saturated carbocycles. The summed E-state index contributed by atoms with van der Waals surface area (Å²) in [5, 5.41) is 10.1. The van der Waals surface area contributed by atoms with Crippen molar-refractivity contribution in [1.29, 1.82) is 0 Å². The van der Waals surface area contributed by atoms with Crippen molar-refractivity contribution in [2.24, 2.45) is 17.8 Å². The Kier molecular flexibility index (Phi) is 7.03. The Labute approximate surface area is 160 Å². The van der Waals surface area contributed by atoms with Gasteiger partial charge in [0.2, 0.25) is 5.91 Å². The molecule has 1 aromatic carbocycles. The molecule has 2 fully saturated rings. The van der Waals surface area contributed by atoms with Crippen molar-refractivity contribution in [2.75, 3.05) is 13.1 Å².